The van der Waals surface area contributed by atoms with Gasteiger partial charge in [0.25, 0.3) is 0 Å². The zero-order chi connectivity index (χ0) is 18.5. The Hall–Kier alpha value is -2.86. The van der Waals surface area contributed by atoms with Crippen LogP contribution >= 0.6 is 11.6 Å². The molecule has 0 radical (unpaired) electrons. The maximum Gasteiger partial charge on any atom is 0.247 e. The zero-order valence-corrected chi connectivity index (χ0v) is 15.3. The average Bonchev–Trinajstić information content (AvgIpc) is 3.09. The van der Waals surface area contributed by atoms with Gasteiger partial charge in [-0.2, -0.15) is 0 Å². The summed E-state index contributed by atoms with van der Waals surface area (Å²) in [5, 5.41) is 11.4. The molecule has 0 saturated heterocycles. The van der Waals surface area contributed by atoms with Gasteiger partial charge in [-0.1, -0.05) is 29.8 Å². The second kappa shape index (κ2) is 8.01. The SMILES string of the molecule is CN(C)c1ccc(NC(=O)CCc2nnc(-c3ccccc3)o2)cc1Cl. The number of rotatable bonds is 6. The normalized spacial score (nSPS) is 10.6. The summed E-state index contributed by atoms with van der Waals surface area (Å²) in [6, 6.07) is 14.9. The summed E-state index contributed by atoms with van der Waals surface area (Å²) in [7, 11) is 3.82. The third kappa shape index (κ3) is 4.40. The van der Waals surface area contributed by atoms with Crippen LogP contribution in [-0.2, 0) is 11.2 Å². The highest BCUT2D eigenvalue weighted by molar-refractivity contribution is 6.33. The summed E-state index contributed by atoms with van der Waals surface area (Å²) in [6.07, 6.45) is 0.610. The van der Waals surface area contributed by atoms with E-state index in [0.29, 0.717) is 28.9 Å². The highest BCUT2D eigenvalue weighted by atomic mass is 35.5. The molecule has 3 aromatic rings. The lowest BCUT2D eigenvalue weighted by molar-refractivity contribution is -0.116. The molecule has 0 bridgehead atoms. The Kier molecular flexibility index (Phi) is 5.53. The minimum absolute atomic E-state index is 0.141. The van der Waals surface area contributed by atoms with E-state index in [1.807, 2.05) is 61.5 Å². The van der Waals surface area contributed by atoms with Gasteiger partial charge in [-0.25, -0.2) is 0 Å². The van der Waals surface area contributed by atoms with Crippen LogP contribution in [-0.4, -0.2) is 30.2 Å². The Labute approximate surface area is 156 Å². The van der Waals surface area contributed by atoms with Crippen LogP contribution in [0.2, 0.25) is 5.02 Å². The average molecular weight is 371 g/mol. The van der Waals surface area contributed by atoms with E-state index in [4.69, 9.17) is 16.0 Å². The summed E-state index contributed by atoms with van der Waals surface area (Å²) in [6.45, 7) is 0. The lowest BCUT2D eigenvalue weighted by Gasteiger charge is -2.15. The third-order valence-electron chi connectivity index (χ3n) is 3.77. The molecule has 0 spiro atoms. The number of carbonyl (C=O) groups excluding carboxylic acids is 1. The summed E-state index contributed by atoms with van der Waals surface area (Å²) in [5.41, 5.74) is 2.40. The molecule has 1 N–H and O–H groups in total. The summed E-state index contributed by atoms with van der Waals surface area (Å²) in [5.74, 6) is 0.741. The van der Waals surface area contributed by atoms with Crippen molar-refractivity contribution in [2.45, 2.75) is 12.8 Å². The topological polar surface area (TPSA) is 71.3 Å². The quantitative estimate of drug-likeness (QED) is 0.709. The Morgan fingerprint density at radius 1 is 1.15 bits per heavy atom. The first kappa shape index (κ1) is 17.9. The van der Waals surface area contributed by atoms with Crippen LogP contribution < -0.4 is 10.2 Å². The maximum atomic E-state index is 12.1. The number of nitrogens with one attached hydrogen (secondary N) is 1. The van der Waals surface area contributed by atoms with Crippen LogP contribution in [0.4, 0.5) is 11.4 Å². The number of benzene rings is 2. The van der Waals surface area contributed by atoms with Crippen LogP contribution in [0, 0.1) is 0 Å². The third-order valence-corrected chi connectivity index (χ3v) is 4.07. The van der Waals surface area contributed by atoms with E-state index < -0.39 is 0 Å². The van der Waals surface area contributed by atoms with Gasteiger partial charge in [-0.3, -0.25) is 4.79 Å². The number of hydrogen-bond donors (Lipinski definition) is 1. The van der Waals surface area contributed by atoms with Crippen LogP contribution in [0.25, 0.3) is 11.5 Å². The van der Waals surface area contributed by atoms with Crippen molar-refractivity contribution < 1.29 is 9.21 Å². The minimum atomic E-state index is -0.141. The first-order chi connectivity index (χ1) is 12.5. The highest BCUT2D eigenvalue weighted by Crippen LogP contribution is 2.27. The number of aryl methyl sites for hydroxylation is 1. The van der Waals surface area contributed by atoms with Crippen LogP contribution in [0.15, 0.2) is 52.9 Å². The smallest absolute Gasteiger partial charge is 0.247 e. The number of carbonyl (C=O) groups is 1. The van der Waals surface area contributed by atoms with E-state index >= 15 is 0 Å². The molecular weight excluding hydrogens is 352 g/mol. The fourth-order valence-electron chi connectivity index (χ4n) is 2.44. The molecule has 1 aromatic heterocycles. The largest absolute Gasteiger partial charge is 0.421 e. The van der Waals surface area contributed by atoms with Gasteiger partial charge >= 0.3 is 0 Å². The second-order valence-corrected chi connectivity index (χ2v) is 6.38. The van der Waals surface area contributed by atoms with Crippen molar-refractivity contribution in [2.24, 2.45) is 0 Å². The van der Waals surface area contributed by atoms with Crippen molar-refractivity contribution in [1.82, 2.24) is 10.2 Å². The molecule has 0 aliphatic carbocycles. The zero-order valence-electron chi connectivity index (χ0n) is 14.6. The number of anilines is 2. The fourth-order valence-corrected chi connectivity index (χ4v) is 2.79. The van der Waals surface area contributed by atoms with Gasteiger partial charge in [0, 0.05) is 38.2 Å². The van der Waals surface area contributed by atoms with Gasteiger partial charge in [-0.15, -0.1) is 10.2 Å². The summed E-state index contributed by atoms with van der Waals surface area (Å²) in [4.78, 5) is 14.0. The number of amides is 1. The van der Waals surface area contributed by atoms with Gasteiger partial charge in [0.2, 0.25) is 17.7 Å². The molecule has 0 atom stereocenters. The van der Waals surface area contributed by atoms with Crippen molar-refractivity contribution in [3.8, 4) is 11.5 Å². The van der Waals surface area contributed by atoms with E-state index in [1.54, 1.807) is 6.07 Å². The predicted molar refractivity (Wildman–Crippen MR) is 102 cm³/mol. The lowest BCUT2D eigenvalue weighted by Crippen LogP contribution is -2.13. The van der Waals surface area contributed by atoms with Gasteiger partial charge in [0.1, 0.15) is 0 Å². The molecule has 0 fully saturated rings. The van der Waals surface area contributed by atoms with Crippen molar-refractivity contribution in [3.05, 3.63) is 59.4 Å². The molecule has 26 heavy (non-hydrogen) atoms. The minimum Gasteiger partial charge on any atom is -0.421 e. The van der Waals surface area contributed by atoms with Crippen molar-refractivity contribution in [3.63, 3.8) is 0 Å². The molecule has 2 aromatic carbocycles. The van der Waals surface area contributed by atoms with E-state index in [2.05, 4.69) is 15.5 Å². The summed E-state index contributed by atoms with van der Waals surface area (Å²) >= 11 is 6.22. The number of halogens is 1. The Morgan fingerprint density at radius 3 is 2.62 bits per heavy atom. The standard InChI is InChI=1S/C19H19ClN4O2/c1-24(2)16-9-8-14(12-15(16)20)21-17(25)10-11-18-22-23-19(26-18)13-6-4-3-5-7-13/h3-9,12H,10-11H2,1-2H3,(H,21,25). The van der Waals surface area contributed by atoms with Crippen LogP contribution in [0.5, 0.6) is 0 Å². The van der Waals surface area contributed by atoms with Gasteiger partial charge in [0.05, 0.1) is 10.7 Å². The van der Waals surface area contributed by atoms with Crippen LogP contribution in [0.1, 0.15) is 12.3 Å². The molecule has 3 rings (SSSR count). The lowest BCUT2D eigenvalue weighted by atomic mass is 10.2. The van der Waals surface area contributed by atoms with Crippen LogP contribution in [0.3, 0.4) is 0 Å². The Morgan fingerprint density at radius 2 is 1.92 bits per heavy atom. The van der Waals surface area contributed by atoms with E-state index in [1.165, 1.54) is 0 Å². The van der Waals surface area contributed by atoms with Gasteiger partial charge in [0.15, 0.2) is 0 Å². The molecule has 6 nitrogen and oxygen atoms in total. The van der Waals surface area contributed by atoms with Gasteiger partial charge in [-0.05, 0) is 30.3 Å². The fraction of sp³-hybridized carbons (Fsp3) is 0.211. The number of hydrogen-bond acceptors (Lipinski definition) is 5. The van der Waals surface area contributed by atoms with Gasteiger partial charge < -0.3 is 14.6 Å². The highest BCUT2D eigenvalue weighted by Gasteiger charge is 2.11. The second-order valence-electron chi connectivity index (χ2n) is 5.98. The molecule has 134 valence electrons. The molecule has 7 heteroatoms. The molecule has 0 aliphatic heterocycles. The Bertz CT molecular complexity index is 894. The Balaban J connectivity index is 1.56. The first-order valence-corrected chi connectivity index (χ1v) is 8.55. The van der Waals surface area contributed by atoms with Crippen molar-refractivity contribution >= 4 is 28.9 Å². The predicted octanol–water partition coefficient (Wildman–Crippen LogP) is 4.03. The van der Waals surface area contributed by atoms with Crippen molar-refractivity contribution in [1.29, 1.82) is 0 Å². The maximum absolute atomic E-state index is 12.1. The molecule has 0 aliphatic rings. The van der Waals surface area contributed by atoms with E-state index in [-0.39, 0.29) is 12.3 Å². The van der Waals surface area contributed by atoms with E-state index in [9.17, 15) is 4.79 Å². The molecule has 0 unspecified atom stereocenters. The molecule has 1 amide bonds. The van der Waals surface area contributed by atoms with Crippen molar-refractivity contribution in [2.75, 3.05) is 24.3 Å². The number of nitrogens with zero attached hydrogens (tertiary/aromatic N) is 3. The molecular formula is C19H19ClN4O2. The first-order valence-electron chi connectivity index (χ1n) is 8.17. The molecule has 0 saturated carbocycles. The number of aromatic nitrogens is 2. The molecule has 1 heterocycles. The monoisotopic (exact) mass is 370 g/mol. The summed E-state index contributed by atoms with van der Waals surface area (Å²) < 4.78 is 5.60. The van der Waals surface area contributed by atoms with E-state index in [0.717, 1.165) is 11.3 Å².